The van der Waals surface area contributed by atoms with Gasteiger partial charge in [-0.15, -0.1) is 0 Å². The Morgan fingerprint density at radius 1 is 1.50 bits per heavy atom. The Labute approximate surface area is 94.1 Å². The van der Waals surface area contributed by atoms with E-state index in [1.807, 2.05) is 6.92 Å². The van der Waals surface area contributed by atoms with Crippen LogP contribution in [-0.2, 0) is 0 Å². The number of hydrogen-bond acceptors (Lipinski definition) is 4. The summed E-state index contributed by atoms with van der Waals surface area (Å²) in [5.41, 5.74) is 0.694. The molecule has 0 aliphatic rings. The maximum absolute atomic E-state index is 11.4. The highest BCUT2D eigenvalue weighted by Crippen LogP contribution is 2.15. The second-order valence-corrected chi connectivity index (χ2v) is 3.87. The lowest BCUT2D eigenvalue weighted by Gasteiger charge is -2.17. The molecular weight excluding hydrogens is 208 g/mol. The molecule has 0 amide bonds. The van der Waals surface area contributed by atoms with Gasteiger partial charge in [0.2, 0.25) is 0 Å². The minimum atomic E-state index is -1.14. The first kappa shape index (κ1) is 12.9. The van der Waals surface area contributed by atoms with Gasteiger partial charge < -0.3 is 20.5 Å². The summed E-state index contributed by atoms with van der Waals surface area (Å²) in [4.78, 5) is 14.0. The molecule has 0 spiro atoms. The van der Waals surface area contributed by atoms with E-state index in [2.05, 4.69) is 10.3 Å². The number of aliphatic hydroxyl groups excluding tert-OH is 2. The maximum atomic E-state index is 11.4. The van der Waals surface area contributed by atoms with Crippen molar-refractivity contribution >= 4 is 0 Å². The highest BCUT2D eigenvalue weighted by molar-refractivity contribution is 5.19. The van der Waals surface area contributed by atoms with E-state index in [0.717, 1.165) is 5.56 Å². The Hall–Kier alpha value is -1.17. The molecule has 90 valence electrons. The summed E-state index contributed by atoms with van der Waals surface area (Å²) >= 11 is 0. The lowest BCUT2D eigenvalue weighted by Crippen LogP contribution is -2.27. The molecule has 4 N–H and O–H groups in total. The van der Waals surface area contributed by atoms with Crippen LogP contribution in [0.1, 0.15) is 23.7 Å². The second-order valence-electron chi connectivity index (χ2n) is 3.87. The molecule has 0 bridgehead atoms. The molecule has 0 aromatic carbocycles. The molecule has 5 heteroatoms. The van der Waals surface area contributed by atoms with E-state index in [9.17, 15) is 15.0 Å². The topological polar surface area (TPSA) is 85.3 Å². The van der Waals surface area contributed by atoms with Gasteiger partial charge in [0.15, 0.2) is 0 Å². The van der Waals surface area contributed by atoms with Gasteiger partial charge in [-0.2, -0.15) is 0 Å². The van der Waals surface area contributed by atoms with Gasteiger partial charge in [-0.05, 0) is 38.6 Å². The molecule has 16 heavy (non-hydrogen) atoms. The van der Waals surface area contributed by atoms with Crippen molar-refractivity contribution < 1.29 is 10.2 Å². The van der Waals surface area contributed by atoms with Gasteiger partial charge in [-0.25, -0.2) is 0 Å². The first-order valence-corrected chi connectivity index (χ1v) is 5.26. The fraction of sp³-hybridized carbons (Fsp3) is 0.545. The van der Waals surface area contributed by atoms with Crippen LogP contribution in [0, 0.1) is 6.92 Å². The van der Waals surface area contributed by atoms with Crippen LogP contribution in [0.3, 0.4) is 0 Å². The molecular formula is C11H18N2O3. The lowest BCUT2D eigenvalue weighted by atomic mass is 10.0. The standard InChI is InChI=1S/C11H18N2O3/c1-7-5-8(11(16)13-6-7)10(15)9(14)3-4-12-2/h5-6,9-10,12,14-15H,3-4H2,1-2H3,(H,13,16). The van der Waals surface area contributed by atoms with Gasteiger partial charge in [-0.1, -0.05) is 0 Å². The molecule has 0 aliphatic carbocycles. The van der Waals surface area contributed by atoms with Gasteiger partial charge in [0.25, 0.3) is 5.56 Å². The number of hydrogen-bond donors (Lipinski definition) is 4. The van der Waals surface area contributed by atoms with Gasteiger partial charge in [0, 0.05) is 11.8 Å². The number of aliphatic hydroxyl groups is 2. The molecule has 5 nitrogen and oxygen atoms in total. The quantitative estimate of drug-likeness (QED) is 0.554. The first-order chi connectivity index (χ1) is 7.56. The van der Waals surface area contributed by atoms with Gasteiger partial charge >= 0.3 is 0 Å². The summed E-state index contributed by atoms with van der Waals surface area (Å²) in [5, 5.41) is 22.4. The van der Waals surface area contributed by atoms with Gasteiger partial charge in [-0.3, -0.25) is 4.79 Å². The Balaban J connectivity index is 2.82. The van der Waals surface area contributed by atoms with E-state index >= 15 is 0 Å². The number of aromatic amines is 1. The number of nitrogens with one attached hydrogen (secondary N) is 2. The maximum Gasteiger partial charge on any atom is 0.253 e. The Bertz CT molecular complexity index is 389. The molecule has 1 heterocycles. The van der Waals surface area contributed by atoms with Crippen molar-refractivity contribution in [2.45, 2.75) is 25.6 Å². The number of H-pyrrole nitrogens is 1. The molecule has 1 aromatic heterocycles. The van der Waals surface area contributed by atoms with Crippen molar-refractivity contribution in [3.05, 3.63) is 33.7 Å². The zero-order valence-electron chi connectivity index (χ0n) is 9.53. The first-order valence-electron chi connectivity index (χ1n) is 5.26. The molecule has 1 aromatic rings. The summed E-state index contributed by atoms with van der Waals surface area (Å²) in [7, 11) is 1.76. The highest BCUT2D eigenvalue weighted by atomic mass is 16.3. The normalized spacial score (nSPS) is 14.8. The van der Waals surface area contributed by atoms with Crippen LogP contribution in [0.25, 0.3) is 0 Å². The fourth-order valence-corrected chi connectivity index (χ4v) is 1.49. The summed E-state index contributed by atoms with van der Waals surface area (Å²) in [6.45, 7) is 2.40. The largest absolute Gasteiger partial charge is 0.390 e. The Morgan fingerprint density at radius 2 is 2.19 bits per heavy atom. The smallest absolute Gasteiger partial charge is 0.253 e. The minimum Gasteiger partial charge on any atom is -0.390 e. The lowest BCUT2D eigenvalue weighted by molar-refractivity contribution is 0.0132. The van der Waals surface area contributed by atoms with Crippen LogP contribution in [0.5, 0.6) is 0 Å². The van der Waals surface area contributed by atoms with Gasteiger partial charge in [0.1, 0.15) is 6.10 Å². The van der Waals surface area contributed by atoms with Crippen molar-refractivity contribution in [3.63, 3.8) is 0 Å². The number of pyridine rings is 1. The SMILES string of the molecule is CNCCC(O)C(O)c1cc(C)c[nH]c1=O. The van der Waals surface area contributed by atoms with E-state index in [4.69, 9.17) is 0 Å². The zero-order chi connectivity index (χ0) is 12.1. The molecule has 0 saturated carbocycles. The highest BCUT2D eigenvalue weighted by Gasteiger charge is 2.20. The Kier molecular flexibility index (Phi) is 4.67. The third-order valence-electron chi connectivity index (χ3n) is 2.45. The second kappa shape index (κ2) is 5.79. The van der Waals surface area contributed by atoms with Crippen LogP contribution in [0.15, 0.2) is 17.1 Å². The Morgan fingerprint density at radius 3 is 2.81 bits per heavy atom. The molecule has 2 atom stereocenters. The molecule has 1 rings (SSSR count). The number of aromatic nitrogens is 1. The number of rotatable bonds is 5. The van der Waals surface area contributed by atoms with Crippen molar-refractivity contribution in [2.24, 2.45) is 0 Å². The van der Waals surface area contributed by atoms with Crippen molar-refractivity contribution in [2.75, 3.05) is 13.6 Å². The van der Waals surface area contributed by atoms with Crippen molar-refractivity contribution in [1.82, 2.24) is 10.3 Å². The third kappa shape index (κ3) is 3.16. The zero-order valence-corrected chi connectivity index (χ0v) is 9.53. The van der Waals surface area contributed by atoms with Crippen LogP contribution >= 0.6 is 0 Å². The predicted octanol–water partition coefficient (Wildman–Crippen LogP) is -0.313. The van der Waals surface area contributed by atoms with Crippen molar-refractivity contribution in [1.29, 1.82) is 0 Å². The average molecular weight is 226 g/mol. The monoisotopic (exact) mass is 226 g/mol. The van der Waals surface area contributed by atoms with E-state index < -0.39 is 12.2 Å². The molecule has 0 saturated heterocycles. The predicted molar refractivity (Wildman–Crippen MR) is 61.3 cm³/mol. The fourth-order valence-electron chi connectivity index (χ4n) is 1.49. The third-order valence-corrected chi connectivity index (χ3v) is 2.45. The molecule has 0 aliphatic heterocycles. The minimum absolute atomic E-state index is 0.212. The van der Waals surface area contributed by atoms with Crippen LogP contribution in [0.4, 0.5) is 0 Å². The van der Waals surface area contributed by atoms with Gasteiger partial charge in [0.05, 0.1) is 6.10 Å². The number of aryl methyl sites for hydroxylation is 1. The van der Waals surface area contributed by atoms with E-state index in [-0.39, 0.29) is 11.1 Å². The van der Waals surface area contributed by atoms with Crippen LogP contribution in [-0.4, -0.2) is 34.9 Å². The van der Waals surface area contributed by atoms with Crippen LogP contribution < -0.4 is 10.9 Å². The molecule has 0 radical (unpaired) electrons. The van der Waals surface area contributed by atoms with E-state index in [1.54, 1.807) is 19.3 Å². The summed E-state index contributed by atoms with van der Waals surface area (Å²) < 4.78 is 0. The molecule has 0 fully saturated rings. The average Bonchev–Trinajstić information content (AvgIpc) is 2.28. The van der Waals surface area contributed by atoms with E-state index in [0.29, 0.717) is 13.0 Å². The van der Waals surface area contributed by atoms with Crippen molar-refractivity contribution in [3.8, 4) is 0 Å². The summed E-state index contributed by atoms with van der Waals surface area (Å²) in [6, 6.07) is 1.59. The van der Waals surface area contributed by atoms with E-state index in [1.165, 1.54) is 0 Å². The molecule has 2 unspecified atom stereocenters. The summed E-state index contributed by atoms with van der Waals surface area (Å²) in [6.07, 6.45) is -0.115. The summed E-state index contributed by atoms with van der Waals surface area (Å²) in [5.74, 6) is 0. The van der Waals surface area contributed by atoms with Crippen LogP contribution in [0.2, 0.25) is 0 Å².